The molecule has 1 unspecified atom stereocenters. The molecule has 94 valence electrons. The molecule has 0 saturated carbocycles. The molecule has 1 atom stereocenters. The molecule has 0 aliphatic heterocycles. The Kier molecular flexibility index (Phi) is 4.91. The maximum absolute atomic E-state index is 11.4. The molecule has 1 N–H and O–H groups in total. The molecule has 0 aliphatic carbocycles. The van der Waals surface area contributed by atoms with E-state index in [1.165, 1.54) is 6.92 Å². The van der Waals surface area contributed by atoms with E-state index in [1.54, 1.807) is 31.2 Å². The minimum absolute atomic E-state index is 0.101. The molecule has 1 rings (SSSR count). The number of carbonyl (C=O) groups excluding carboxylic acids is 1. The largest absolute Gasteiger partial charge is 0.484 e. The summed E-state index contributed by atoms with van der Waals surface area (Å²) in [5, 5.41) is 0. The zero-order valence-corrected chi connectivity index (χ0v) is 10.9. The Morgan fingerprint density at radius 2 is 1.94 bits per heavy atom. The van der Waals surface area contributed by atoms with E-state index in [2.05, 4.69) is 0 Å². The summed E-state index contributed by atoms with van der Waals surface area (Å²) in [4.78, 5) is 20.2. The van der Waals surface area contributed by atoms with E-state index < -0.39 is 7.37 Å². The van der Waals surface area contributed by atoms with Gasteiger partial charge in [-0.25, -0.2) is 0 Å². The Morgan fingerprint density at radius 3 is 2.41 bits per heavy atom. The van der Waals surface area contributed by atoms with Crippen molar-refractivity contribution in [1.82, 2.24) is 0 Å². The molecule has 0 radical (unpaired) electrons. The highest BCUT2D eigenvalue weighted by molar-refractivity contribution is 7.57. The van der Waals surface area contributed by atoms with Gasteiger partial charge in [0, 0.05) is 12.6 Å². The van der Waals surface area contributed by atoms with E-state index in [0.717, 1.165) is 5.56 Å². The minimum Gasteiger partial charge on any atom is -0.484 e. The molecule has 0 amide bonds. The number of rotatable bonds is 6. The lowest BCUT2D eigenvalue weighted by molar-refractivity contribution is -0.116. The van der Waals surface area contributed by atoms with Crippen molar-refractivity contribution in [3.8, 4) is 5.75 Å². The number of Topliss-reactive ketones (excluding diaryl/α,β-unsaturated/α-hetero) is 1. The molecule has 1 aromatic carbocycles. The van der Waals surface area contributed by atoms with Gasteiger partial charge in [0.1, 0.15) is 11.5 Å². The fourth-order valence-electron chi connectivity index (χ4n) is 1.26. The lowest BCUT2D eigenvalue weighted by Crippen LogP contribution is -2.01. The van der Waals surface area contributed by atoms with Crippen LogP contribution in [0.15, 0.2) is 24.3 Å². The van der Waals surface area contributed by atoms with Crippen molar-refractivity contribution in [2.75, 3.05) is 12.5 Å². The second-order valence-corrected chi connectivity index (χ2v) is 6.54. The van der Waals surface area contributed by atoms with Gasteiger partial charge in [-0.1, -0.05) is 19.1 Å². The van der Waals surface area contributed by atoms with Crippen molar-refractivity contribution in [2.24, 2.45) is 0 Å². The Balaban J connectivity index is 2.57. The van der Waals surface area contributed by atoms with Crippen molar-refractivity contribution in [1.29, 1.82) is 0 Å². The fraction of sp³-hybridized carbons (Fsp3) is 0.417. The van der Waals surface area contributed by atoms with Crippen LogP contribution < -0.4 is 4.74 Å². The van der Waals surface area contributed by atoms with Crippen LogP contribution in [0.4, 0.5) is 0 Å². The SMILES string of the molecule is CCP(=O)(O)COc1ccc(CC(C)=O)cc1. The molecule has 5 heteroatoms. The number of hydrogen-bond acceptors (Lipinski definition) is 3. The van der Waals surface area contributed by atoms with Gasteiger partial charge < -0.3 is 9.63 Å². The van der Waals surface area contributed by atoms with E-state index in [0.29, 0.717) is 12.2 Å². The number of hydrogen-bond donors (Lipinski definition) is 1. The first kappa shape index (κ1) is 13.9. The second-order valence-electron chi connectivity index (χ2n) is 3.96. The Bertz CT molecular complexity index is 425. The third-order valence-electron chi connectivity index (χ3n) is 2.30. The minimum atomic E-state index is -3.15. The van der Waals surface area contributed by atoms with Crippen LogP contribution >= 0.6 is 7.37 Å². The molecule has 0 fully saturated rings. The van der Waals surface area contributed by atoms with Crippen LogP contribution in [0.2, 0.25) is 0 Å². The van der Waals surface area contributed by atoms with Crippen molar-refractivity contribution in [3.63, 3.8) is 0 Å². The Morgan fingerprint density at radius 1 is 1.35 bits per heavy atom. The van der Waals surface area contributed by atoms with Gasteiger partial charge in [0.05, 0.1) is 0 Å². The summed E-state index contributed by atoms with van der Waals surface area (Å²) in [6.07, 6.45) is 0.429. The normalized spacial score (nSPS) is 14.1. The smallest absolute Gasteiger partial charge is 0.236 e. The van der Waals surface area contributed by atoms with Crippen molar-refractivity contribution in [3.05, 3.63) is 29.8 Å². The Labute approximate surface area is 101 Å². The van der Waals surface area contributed by atoms with Crippen LogP contribution in [0, 0.1) is 0 Å². The molecule has 17 heavy (non-hydrogen) atoms. The molecule has 0 bridgehead atoms. The molecule has 1 aromatic rings. The van der Waals surface area contributed by atoms with E-state index in [-0.39, 0.29) is 18.3 Å². The number of carbonyl (C=O) groups is 1. The number of ether oxygens (including phenoxy) is 1. The van der Waals surface area contributed by atoms with Gasteiger partial charge in [0.2, 0.25) is 7.37 Å². The van der Waals surface area contributed by atoms with Crippen LogP contribution in [0.1, 0.15) is 19.4 Å². The average Bonchev–Trinajstić information content (AvgIpc) is 2.28. The first-order chi connectivity index (χ1) is 7.93. The van der Waals surface area contributed by atoms with E-state index in [4.69, 9.17) is 4.74 Å². The predicted octanol–water partition coefficient (Wildman–Crippen LogP) is 2.44. The molecule has 0 aliphatic rings. The molecule has 0 aromatic heterocycles. The van der Waals surface area contributed by atoms with Gasteiger partial charge in [0.15, 0.2) is 6.35 Å². The number of benzene rings is 1. The summed E-state index contributed by atoms with van der Waals surface area (Å²) >= 11 is 0. The van der Waals surface area contributed by atoms with Gasteiger partial charge in [-0.3, -0.25) is 9.36 Å². The second kappa shape index (κ2) is 5.99. The molecule has 0 saturated heterocycles. The summed E-state index contributed by atoms with van der Waals surface area (Å²) in [6, 6.07) is 6.97. The van der Waals surface area contributed by atoms with Crippen LogP contribution in [0.3, 0.4) is 0 Å². The predicted molar refractivity (Wildman–Crippen MR) is 66.7 cm³/mol. The first-order valence-corrected chi connectivity index (χ1v) is 7.48. The van der Waals surface area contributed by atoms with Gasteiger partial charge >= 0.3 is 0 Å². The molecular weight excluding hydrogens is 239 g/mol. The summed E-state index contributed by atoms with van der Waals surface area (Å²) < 4.78 is 16.6. The van der Waals surface area contributed by atoms with Crippen molar-refractivity contribution < 1.29 is 19.0 Å². The standard InChI is InChI=1S/C12H17O4P/c1-3-17(14,15)9-16-12-6-4-11(5-7-12)8-10(2)13/h4-7H,3,8-9H2,1-2H3,(H,14,15). The lowest BCUT2D eigenvalue weighted by Gasteiger charge is -2.11. The highest BCUT2D eigenvalue weighted by Gasteiger charge is 2.15. The van der Waals surface area contributed by atoms with E-state index in [1.807, 2.05) is 0 Å². The summed E-state index contributed by atoms with van der Waals surface area (Å²) in [7, 11) is -3.15. The maximum Gasteiger partial charge on any atom is 0.236 e. The van der Waals surface area contributed by atoms with E-state index in [9.17, 15) is 14.3 Å². The van der Waals surface area contributed by atoms with Crippen molar-refractivity contribution in [2.45, 2.75) is 20.3 Å². The third-order valence-corrected chi connectivity index (χ3v) is 3.82. The van der Waals surface area contributed by atoms with Crippen LogP contribution in [0.25, 0.3) is 0 Å². The van der Waals surface area contributed by atoms with E-state index >= 15 is 0 Å². The average molecular weight is 256 g/mol. The highest BCUT2D eigenvalue weighted by atomic mass is 31.2. The van der Waals surface area contributed by atoms with Gasteiger partial charge in [-0.05, 0) is 24.6 Å². The quantitative estimate of drug-likeness (QED) is 0.794. The third kappa shape index (κ3) is 5.16. The summed E-state index contributed by atoms with van der Waals surface area (Å²) in [6.45, 7) is 3.19. The van der Waals surface area contributed by atoms with Crippen LogP contribution in [0.5, 0.6) is 5.75 Å². The monoisotopic (exact) mass is 256 g/mol. The first-order valence-electron chi connectivity index (χ1n) is 5.45. The Hall–Kier alpha value is -1.12. The lowest BCUT2D eigenvalue weighted by atomic mass is 10.1. The zero-order valence-electron chi connectivity index (χ0n) is 10.0. The molecular formula is C12H17O4P. The van der Waals surface area contributed by atoms with Crippen LogP contribution in [-0.2, 0) is 15.8 Å². The molecule has 0 heterocycles. The maximum atomic E-state index is 11.4. The summed E-state index contributed by atoms with van der Waals surface area (Å²) in [5.41, 5.74) is 0.910. The van der Waals surface area contributed by atoms with Gasteiger partial charge in [-0.15, -0.1) is 0 Å². The van der Waals surface area contributed by atoms with Crippen LogP contribution in [-0.4, -0.2) is 23.2 Å². The van der Waals surface area contributed by atoms with Gasteiger partial charge in [0.25, 0.3) is 0 Å². The highest BCUT2D eigenvalue weighted by Crippen LogP contribution is 2.39. The van der Waals surface area contributed by atoms with Gasteiger partial charge in [-0.2, -0.15) is 0 Å². The zero-order chi connectivity index (χ0) is 12.9. The number of ketones is 1. The summed E-state index contributed by atoms with van der Waals surface area (Å²) in [5.74, 6) is 0.643. The molecule has 4 nitrogen and oxygen atoms in total. The fourth-order valence-corrected chi connectivity index (χ4v) is 1.79. The van der Waals surface area contributed by atoms with Crippen molar-refractivity contribution >= 4 is 13.2 Å². The topological polar surface area (TPSA) is 63.6 Å². The molecule has 0 spiro atoms.